The molecule has 2 amide bonds. The van der Waals surface area contributed by atoms with Crippen molar-refractivity contribution in [3.05, 3.63) is 47.2 Å². The first-order valence-electron chi connectivity index (χ1n) is 11.3. The van der Waals surface area contributed by atoms with Gasteiger partial charge in [0.15, 0.2) is 0 Å². The summed E-state index contributed by atoms with van der Waals surface area (Å²) in [4.78, 5) is 23.9. The summed E-state index contributed by atoms with van der Waals surface area (Å²) < 4.78 is 35.3. The second-order valence-corrected chi connectivity index (χ2v) is 9.37. The van der Waals surface area contributed by atoms with Crippen LogP contribution < -0.4 is 10.9 Å². The van der Waals surface area contributed by atoms with Crippen molar-refractivity contribution in [3.63, 3.8) is 0 Å². The third-order valence-corrected chi connectivity index (χ3v) is 7.73. The molecule has 0 aliphatic heterocycles. The quantitative estimate of drug-likeness (QED) is 0.673. The second kappa shape index (κ2) is 7.83. The lowest BCUT2D eigenvalue weighted by Crippen LogP contribution is -2.50. The molecule has 2 aromatic rings. The van der Waals surface area contributed by atoms with Crippen LogP contribution in [0.1, 0.15) is 57.2 Å². The van der Waals surface area contributed by atoms with E-state index < -0.39 is 29.2 Å². The highest BCUT2D eigenvalue weighted by atomic mass is 19.1. The van der Waals surface area contributed by atoms with Gasteiger partial charge in [0.1, 0.15) is 23.3 Å². The predicted molar refractivity (Wildman–Crippen MR) is 114 cm³/mol. The fraction of sp³-hybridized carbons (Fsp3) is 0.500. The number of amides is 2. The van der Waals surface area contributed by atoms with E-state index in [1.165, 1.54) is 25.1 Å². The first kappa shape index (κ1) is 21.9. The lowest BCUT2D eigenvalue weighted by molar-refractivity contribution is -0.160. The highest BCUT2D eigenvalue weighted by Gasteiger charge is 2.66. The molecule has 1 aromatic carbocycles. The fourth-order valence-electron chi connectivity index (χ4n) is 6.07. The van der Waals surface area contributed by atoms with Crippen LogP contribution in [-0.4, -0.2) is 28.1 Å². The van der Waals surface area contributed by atoms with Gasteiger partial charge in [0.05, 0.1) is 17.0 Å². The fourth-order valence-corrected chi connectivity index (χ4v) is 6.07. The molecule has 3 unspecified atom stereocenters. The second-order valence-electron chi connectivity index (χ2n) is 9.37. The Balaban J connectivity index is 1.54. The summed E-state index contributed by atoms with van der Waals surface area (Å²) in [6.45, 7) is 5.26. The molecular formula is C24H26F2N4O3. The van der Waals surface area contributed by atoms with Gasteiger partial charge >= 0.3 is 0 Å². The Bertz CT molecular complexity index is 1120. The lowest BCUT2D eigenvalue weighted by atomic mass is 9.61. The third kappa shape index (κ3) is 3.24. The van der Waals surface area contributed by atoms with Gasteiger partial charge in [0.2, 0.25) is 5.91 Å². The number of hydrogen-bond donors (Lipinski definition) is 2. The molecule has 3 aliphatic carbocycles. The first-order chi connectivity index (χ1) is 15.8. The molecule has 7 nitrogen and oxygen atoms in total. The molecular weight excluding hydrogens is 430 g/mol. The Hall–Kier alpha value is -2.94. The van der Waals surface area contributed by atoms with Crippen molar-refractivity contribution in [1.82, 2.24) is 21.0 Å². The zero-order valence-electron chi connectivity index (χ0n) is 18.7. The van der Waals surface area contributed by atoms with Crippen molar-refractivity contribution in [2.24, 2.45) is 17.8 Å². The number of rotatable bonds is 5. The standard InChI is InChI=1S/C24H26F2N4O3/c1-4-20(23(32)30-27-12(3)31)33-24-10-16-13(11(24)2)8-14(16)15-9-19(28-29-22(15)24)21-17(25)6-5-7-18(21)26/h5-7,9,11,13-14,16,20H,4,8,10H2,1-3H3,(H,27,31)(H,30,32)/t11?,13?,14-,16?,20-,24-/m1/s1. The van der Waals surface area contributed by atoms with Gasteiger partial charge in [-0.25, -0.2) is 8.78 Å². The highest BCUT2D eigenvalue weighted by Crippen LogP contribution is 2.70. The summed E-state index contributed by atoms with van der Waals surface area (Å²) in [6, 6.07) is 5.47. The summed E-state index contributed by atoms with van der Waals surface area (Å²) in [6.07, 6.45) is 1.28. The first-order valence-corrected chi connectivity index (χ1v) is 11.3. The maximum Gasteiger partial charge on any atom is 0.267 e. The van der Waals surface area contributed by atoms with Crippen molar-refractivity contribution in [2.75, 3.05) is 0 Å². The van der Waals surface area contributed by atoms with Crippen LogP contribution >= 0.6 is 0 Å². The van der Waals surface area contributed by atoms with E-state index in [0.29, 0.717) is 24.0 Å². The Morgan fingerprint density at radius 2 is 1.94 bits per heavy atom. The number of halogens is 2. The number of benzene rings is 1. The largest absolute Gasteiger partial charge is 0.355 e. The summed E-state index contributed by atoms with van der Waals surface area (Å²) >= 11 is 0. The Morgan fingerprint density at radius 3 is 2.61 bits per heavy atom. The number of nitrogens with one attached hydrogen (secondary N) is 2. The van der Waals surface area contributed by atoms with Gasteiger partial charge < -0.3 is 4.74 Å². The molecule has 1 heterocycles. The summed E-state index contributed by atoms with van der Waals surface area (Å²) in [5.41, 5.74) is 5.41. The number of aromatic nitrogens is 2. The monoisotopic (exact) mass is 456 g/mol. The van der Waals surface area contributed by atoms with E-state index in [-0.39, 0.29) is 29.0 Å². The SMILES string of the molecule is CC[C@@H](O[C@@]12CC3C(C[C@@H]3c3cc(-c4c(F)cccc4F)nnc31)C2C)C(=O)NNC(C)=O. The molecule has 0 saturated heterocycles. The Morgan fingerprint density at radius 1 is 1.21 bits per heavy atom. The summed E-state index contributed by atoms with van der Waals surface area (Å²) in [7, 11) is 0. The zero-order valence-corrected chi connectivity index (χ0v) is 18.7. The van der Waals surface area contributed by atoms with Gasteiger partial charge in [0.25, 0.3) is 5.91 Å². The van der Waals surface area contributed by atoms with E-state index in [1.54, 1.807) is 6.07 Å². The van der Waals surface area contributed by atoms with Gasteiger partial charge in [0, 0.05) is 6.92 Å². The minimum atomic E-state index is -0.814. The number of carbonyl (C=O) groups excluding carboxylic acids is 2. The average Bonchev–Trinajstić information content (AvgIpc) is 2.87. The Labute approximate surface area is 190 Å². The van der Waals surface area contributed by atoms with E-state index >= 15 is 0 Å². The van der Waals surface area contributed by atoms with Crippen LogP contribution in [0.4, 0.5) is 8.78 Å². The van der Waals surface area contributed by atoms with Gasteiger partial charge in [-0.3, -0.25) is 20.4 Å². The molecule has 2 N–H and O–H groups in total. The van der Waals surface area contributed by atoms with Crippen LogP contribution in [0.15, 0.2) is 24.3 Å². The molecule has 6 atom stereocenters. The zero-order chi connectivity index (χ0) is 23.5. The van der Waals surface area contributed by atoms with Crippen LogP contribution in [0.25, 0.3) is 11.3 Å². The van der Waals surface area contributed by atoms with Gasteiger partial charge in [-0.05, 0) is 66.7 Å². The number of nitrogens with zero attached hydrogens (tertiary/aromatic N) is 2. The normalized spacial score (nSPS) is 29.6. The van der Waals surface area contributed by atoms with Gasteiger partial charge in [-0.15, -0.1) is 5.10 Å². The number of carbonyl (C=O) groups is 2. The highest BCUT2D eigenvalue weighted by molar-refractivity contribution is 5.83. The molecule has 2 saturated carbocycles. The molecule has 0 spiro atoms. The smallest absolute Gasteiger partial charge is 0.267 e. The molecule has 33 heavy (non-hydrogen) atoms. The molecule has 9 heteroatoms. The minimum absolute atomic E-state index is 0.105. The van der Waals surface area contributed by atoms with Crippen molar-refractivity contribution in [1.29, 1.82) is 0 Å². The summed E-state index contributed by atoms with van der Waals surface area (Å²) in [5.74, 6) is -1.05. The number of fused-ring (bicyclic) bond motifs is 4. The van der Waals surface area contributed by atoms with E-state index in [4.69, 9.17) is 4.74 Å². The Kier molecular flexibility index (Phi) is 5.19. The molecule has 3 aliphatic rings. The lowest BCUT2D eigenvalue weighted by Gasteiger charge is -2.44. The average molecular weight is 456 g/mol. The van der Waals surface area contributed by atoms with Crippen LogP contribution in [0.3, 0.4) is 0 Å². The van der Waals surface area contributed by atoms with Gasteiger partial charge in [-0.2, -0.15) is 5.10 Å². The van der Waals surface area contributed by atoms with Crippen LogP contribution in [0.5, 0.6) is 0 Å². The molecule has 174 valence electrons. The number of hydrogen-bond acceptors (Lipinski definition) is 5. The predicted octanol–water partition coefficient (Wildman–Crippen LogP) is 3.35. The molecule has 5 rings (SSSR count). The van der Waals surface area contributed by atoms with Crippen LogP contribution in [-0.2, 0) is 19.9 Å². The maximum absolute atomic E-state index is 14.4. The van der Waals surface area contributed by atoms with Crippen LogP contribution in [0.2, 0.25) is 0 Å². The van der Waals surface area contributed by atoms with E-state index in [9.17, 15) is 18.4 Å². The van der Waals surface area contributed by atoms with Crippen molar-refractivity contribution in [2.45, 2.75) is 57.7 Å². The third-order valence-electron chi connectivity index (χ3n) is 7.73. The summed E-state index contributed by atoms with van der Waals surface area (Å²) in [5, 5.41) is 8.67. The molecule has 2 fully saturated rings. The van der Waals surface area contributed by atoms with E-state index in [0.717, 1.165) is 18.4 Å². The minimum Gasteiger partial charge on any atom is -0.355 e. The topological polar surface area (TPSA) is 93.2 Å². The van der Waals surface area contributed by atoms with Crippen molar-refractivity contribution in [3.8, 4) is 11.3 Å². The van der Waals surface area contributed by atoms with Crippen LogP contribution in [0, 0.1) is 29.4 Å². The van der Waals surface area contributed by atoms with Crippen molar-refractivity contribution < 1.29 is 23.1 Å². The molecule has 2 bridgehead atoms. The number of ether oxygens (including phenoxy) is 1. The molecule has 1 aromatic heterocycles. The van der Waals surface area contributed by atoms with Gasteiger partial charge in [-0.1, -0.05) is 19.9 Å². The number of hydrazine groups is 1. The maximum atomic E-state index is 14.4. The molecule has 0 radical (unpaired) electrons. The van der Waals surface area contributed by atoms with E-state index in [2.05, 4.69) is 28.0 Å². The van der Waals surface area contributed by atoms with E-state index in [1.807, 2.05) is 6.92 Å². The van der Waals surface area contributed by atoms with Crippen molar-refractivity contribution >= 4 is 11.8 Å².